The Labute approximate surface area is 251 Å². The molecule has 0 saturated carbocycles. The van der Waals surface area contributed by atoms with E-state index in [1.807, 2.05) is 25.1 Å². The summed E-state index contributed by atoms with van der Waals surface area (Å²) >= 11 is 0. The minimum Gasteiger partial charge on any atom is -0.497 e. The lowest BCUT2D eigenvalue weighted by Gasteiger charge is -2.34. The van der Waals surface area contributed by atoms with Crippen LogP contribution >= 0.6 is 0 Å². The first-order valence-corrected chi connectivity index (χ1v) is 14.2. The van der Waals surface area contributed by atoms with Crippen molar-refractivity contribution in [3.63, 3.8) is 0 Å². The summed E-state index contributed by atoms with van der Waals surface area (Å²) < 4.78 is 11.7. The van der Waals surface area contributed by atoms with Gasteiger partial charge in [0.25, 0.3) is 0 Å². The molecule has 11 heteroatoms. The van der Waals surface area contributed by atoms with E-state index in [0.29, 0.717) is 40.7 Å². The van der Waals surface area contributed by atoms with Gasteiger partial charge in [-0.15, -0.1) is 0 Å². The second kappa shape index (κ2) is 14.4. The fourth-order valence-electron chi connectivity index (χ4n) is 4.79. The monoisotopic (exact) mass is 589 g/mol. The molecule has 0 fully saturated rings. The van der Waals surface area contributed by atoms with Gasteiger partial charge in [-0.2, -0.15) is 0 Å². The van der Waals surface area contributed by atoms with Gasteiger partial charge in [0.2, 0.25) is 5.91 Å². The van der Waals surface area contributed by atoms with E-state index in [2.05, 4.69) is 16.0 Å². The van der Waals surface area contributed by atoms with Crippen LogP contribution in [0.15, 0.2) is 72.8 Å². The van der Waals surface area contributed by atoms with Crippen molar-refractivity contribution in [3.05, 3.63) is 78.4 Å². The van der Waals surface area contributed by atoms with E-state index in [-0.39, 0.29) is 37.4 Å². The fourth-order valence-corrected chi connectivity index (χ4v) is 4.79. The predicted octanol–water partition coefficient (Wildman–Crippen LogP) is 4.65. The van der Waals surface area contributed by atoms with Gasteiger partial charge in [-0.05, 0) is 61.5 Å². The zero-order valence-corrected chi connectivity index (χ0v) is 24.9. The number of anilines is 3. The van der Waals surface area contributed by atoms with Crippen LogP contribution in [0, 0.1) is 5.92 Å². The van der Waals surface area contributed by atoms with E-state index < -0.39 is 18.2 Å². The maximum atomic E-state index is 13.5. The number of carbonyl (C=O) groups excluding carboxylic acids is 3. The summed E-state index contributed by atoms with van der Waals surface area (Å²) in [5, 5.41) is 18.4. The van der Waals surface area contributed by atoms with Crippen LogP contribution in [-0.4, -0.2) is 78.9 Å². The second-order valence-corrected chi connectivity index (χ2v) is 10.7. The van der Waals surface area contributed by atoms with Gasteiger partial charge in [0.05, 0.1) is 32.7 Å². The Morgan fingerprint density at radius 2 is 1.67 bits per heavy atom. The van der Waals surface area contributed by atoms with Gasteiger partial charge in [-0.1, -0.05) is 25.1 Å². The molecule has 3 aromatic carbocycles. The van der Waals surface area contributed by atoms with Crippen LogP contribution in [0.3, 0.4) is 0 Å². The number of aliphatic hydroxyl groups excluding tert-OH is 1. The number of amides is 5. The molecule has 3 atom stereocenters. The van der Waals surface area contributed by atoms with Gasteiger partial charge in [0, 0.05) is 42.1 Å². The summed E-state index contributed by atoms with van der Waals surface area (Å²) in [5.41, 5.74) is 2.34. The Morgan fingerprint density at radius 1 is 1.02 bits per heavy atom. The van der Waals surface area contributed by atoms with Crippen LogP contribution in [0.2, 0.25) is 0 Å². The van der Waals surface area contributed by atoms with Crippen molar-refractivity contribution in [3.8, 4) is 11.5 Å². The lowest BCUT2D eigenvalue weighted by atomic mass is 10.0. The molecule has 0 unspecified atom stereocenters. The van der Waals surface area contributed by atoms with Crippen molar-refractivity contribution in [1.29, 1.82) is 0 Å². The lowest BCUT2D eigenvalue weighted by molar-refractivity contribution is -0.134. The summed E-state index contributed by atoms with van der Waals surface area (Å²) in [6.45, 7) is 4.12. The van der Waals surface area contributed by atoms with E-state index in [9.17, 15) is 19.5 Å². The molecule has 1 aliphatic rings. The van der Waals surface area contributed by atoms with E-state index in [4.69, 9.17) is 9.47 Å². The predicted molar refractivity (Wildman–Crippen MR) is 166 cm³/mol. The number of nitrogens with zero attached hydrogens (tertiary/aromatic N) is 2. The van der Waals surface area contributed by atoms with Crippen LogP contribution in [0.4, 0.5) is 26.7 Å². The van der Waals surface area contributed by atoms with Crippen LogP contribution < -0.4 is 25.4 Å². The highest BCUT2D eigenvalue weighted by molar-refractivity contribution is 6.00. The normalized spacial score (nSPS) is 17.2. The summed E-state index contributed by atoms with van der Waals surface area (Å²) in [5.74, 6) is 0.816. The number of benzene rings is 3. The molecule has 4 N–H and O–H groups in total. The first-order valence-electron chi connectivity index (χ1n) is 14.2. The smallest absolute Gasteiger partial charge is 0.323 e. The molecule has 0 aliphatic carbocycles. The molecule has 228 valence electrons. The number of rotatable bonds is 8. The molecule has 3 aromatic rings. The van der Waals surface area contributed by atoms with E-state index in [0.717, 1.165) is 0 Å². The van der Waals surface area contributed by atoms with E-state index in [1.54, 1.807) is 80.6 Å². The Morgan fingerprint density at radius 3 is 2.35 bits per heavy atom. The third-order valence-electron chi connectivity index (χ3n) is 7.35. The second-order valence-electron chi connectivity index (χ2n) is 10.7. The molecule has 1 heterocycles. The SMILES string of the molecule is COc1ccc(NC(=O)N(C)C[C@H]2Oc3ccc(NC(=O)Nc4ccccc4)cc3CC(=O)N([C@@H](C)CO)C[C@@H]2C)cc1. The van der Waals surface area contributed by atoms with Gasteiger partial charge in [-0.3, -0.25) is 4.79 Å². The number of hydrogen-bond donors (Lipinski definition) is 4. The summed E-state index contributed by atoms with van der Waals surface area (Å²) in [4.78, 5) is 42.3. The molecule has 4 rings (SSSR count). The molecule has 43 heavy (non-hydrogen) atoms. The van der Waals surface area contributed by atoms with Crippen molar-refractivity contribution in [2.75, 3.05) is 49.8 Å². The van der Waals surface area contributed by atoms with Crippen molar-refractivity contribution in [2.24, 2.45) is 5.92 Å². The number of carbonyl (C=O) groups is 3. The highest BCUT2D eigenvalue weighted by Crippen LogP contribution is 2.29. The van der Waals surface area contributed by atoms with Gasteiger partial charge >= 0.3 is 12.1 Å². The molecule has 0 bridgehead atoms. The van der Waals surface area contributed by atoms with Gasteiger partial charge in [-0.25, -0.2) is 9.59 Å². The molecular formula is C32H39N5O6. The number of urea groups is 2. The van der Waals surface area contributed by atoms with Crippen LogP contribution in [0.1, 0.15) is 19.4 Å². The van der Waals surface area contributed by atoms with Crippen molar-refractivity contribution >= 4 is 35.0 Å². The number of likely N-dealkylation sites (N-methyl/N-ethyl adjacent to an activating group) is 1. The van der Waals surface area contributed by atoms with E-state index >= 15 is 0 Å². The highest BCUT2D eigenvalue weighted by atomic mass is 16.5. The minimum atomic E-state index is -0.482. The molecule has 11 nitrogen and oxygen atoms in total. The first-order chi connectivity index (χ1) is 20.7. The standard InChI is InChI=1S/C32H39N5O6/c1-21-18-37(22(2)20-38)30(39)17-23-16-26(34-31(40)33-24-8-6-5-7-9-24)12-15-28(23)43-29(21)19-36(3)32(41)35-25-10-13-27(42-4)14-11-25/h5-16,21-22,29,38H,17-20H2,1-4H3,(H,35,41)(H2,33,34,40)/t21-,22-,29+/m0/s1. The largest absolute Gasteiger partial charge is 0.497 e. The molecule has 0 saturated heterocycles. The Kier molecular flexibility index (Phi) is 10.4. The Balaban J connectivity index is 1.54. The fraction of sp³-hybridized carbons (Fsp3) is 0.344. The highest BCUT2D eigenvalue weighted by Gasteiger charge is 2.32. The average Bonchev–Trinajstić information content (AvgIpc) is 3.04. The molecule has 0 radical (unpaired) electrons. The molecule has 0 spiro atoms. The Hall–Kier alpha value is -4.77. The van der Waals surface area contributed by atoms with Crippen LogP contribution in [-0.2, 0) is 11.2 Å². The number of hydrogen-bond acceptors (Lipinski definition) is 6. The Bertz CT molecular complexity index is 1400. The van der Waals surface area contributed by atoms with Crippen molar-refractivity contribution < 1.29 is 29.0 Å². The summed E-state index contributed by atoms with van der Waals surface area (Å²) in [6.07, 6.45) is -0.465. The summed E-state index contributed by atoms with van der Waals surface area (Å²) in [7, 11) is 3.26. The zero-order valence-electron chi connectivity index (χ0n) is 24.9. The third-order valence-corrected chi connectivity index (χ3v) is 7.35. The number of fused-ring (bicyclic) bond motifs is 1. The third kappa shape index (κ3) is 8.39. The van der Waals surface area contributed by atoms with Crippen molar-refractivity contribution in [1.82, 2.24) is 9.80 Å². The minimum absolute atomic E-state index is 0.0166. The lowest BCUT2D eigenvalue weighted by Crippen LogP contribution is -2.48. The number of aliphatic hydroxyl groups is 1. The summed E-state index contributed by atoms with van der Waals surface area (Å²) in [6, 6.07) is 20.1. The first kappa shape index (κ1) is 31.2. The quantitative estimate of drug-likeness (QED) is 0.302. The van der Waals surface area contributed by atoms with Crippen LogP contribution in [0.5, 0.6) is 11.5 Å². The average molecular weight is 590 g/mol. The maximum absolute atomic E-state index is 13.5. The number of methoxy groups -OCH3 is 1. The molecule has 0 aromatic heterocycles. The van der Waals surface area contributed by atoms with Gasteiger partial charge in [0.15, 0.2) is 0 Å². The topological polar surface area (TPSA) is 132 Å². The zero-order chi connectivity index (χ0) is 30.9. The maximum Gasteiger partial charge on any atom is 0.323 e. The van der Waals surface area contributed by atoms with E-state index in [1.165, 1.54) is 4.90 Å². The number of nitrogens with one attached hydrogen (secondary N) is 3. The van der Waals surface area contributed by atoms with Crippen molar-refractivity contribution in [2.45, 2.75) is 32.4 Å². The van der Waals surface area contributed by atoms with Gasteiger partial charge in [0.1, 0.15) is 17.6 Å². The number of para-hydroxylation sites is 1. The number of ether oxygens (including phenoxy) is 2. The van der Waals surface area contributed by atoms with Gasteiger partial charge < -0.3 is 40.3 Å². The van der Waals surface area contributed by atoms with Crippen LogP contribution in [0.25, 0.3) is 0 Å². The molecule has 1 aliphatic heterocycles. The molecule has 5 amide bonds. The molecular weight excluding hydrogens is 550 g/mol.